The fourth-order valence-electron chi connectivity index (χ4n) is 3.79. The highest BCUT2D eigenvalue weighted by molar-refractivity contribution is 7.99. The van der Waals surface area contributed by atoms with Crippen molar-refractivity contribution in [2.24, 2.45) is 5.92 Å². The predicted molar refractivity (Wildman–Crippen MR) is 136 cm³/mol. The Kier molecular flexibility index (Phi) is 7.75. The van der Waals surface area contributed by atoms with E-state index in [1.54, 1.807) is 12.0 Å². The zero-order chi connectivity index (χ0) is 24.9. The van der Waals surface area contributed by atoms with Crippen LogP contribution in [0.4, 0.5) is 5.69 Å². The highest BCUT2D eigenvalue weighted by Gasteiger charge is 2.35. The van der Waals surface area contributed by atoms with Crippen LogP contribution in [-0.2, 0) is 4.79 Å². The smallest absolute Gasteiger partial charge is 0.247 e. The number of amides is 1. The van der Waals surface area contributed by atoms with E-state index in [1.165, 1.54) is 11.8 Å². The van der Waals surface area contributed by atoms with Gasteiger partial charge >= 0.3 is 0 Å². The number of hydrogen-bond donors (Lipinski definition) is 0. The summed E-state index contributed by atoms with van der Waals surface area (Å²) in [5, 5.41) is 9.35. The van der Waals surface area contributed by atoms with Crippen molar-refractivity contribution in [3.05, 3.63) is 48.0 Å². The minimum atomic E-state index is -0.783. The molecule has 184 valence electrons. The number of carbonyl (C=O) groups is 1. The van der Waals surface area contributed by atoms with Crippen LogP contribution in [0.1, 0.15) is 45.9 Å². The lowest BCUT2D eigenvalue weighted by molar-refractivity contribution is -0.120. The molecule has 2 heterocycles. The summed E-state index contributed by atoms with van der Waals surface area (Å²) >= 11 is 1.53. The molecule has 0 radical (unpaired) electrons. The van der Waals surface area contributed by atoms with Gasteiger partial charge in [-0.2, -0.15) is 4.98 Å². The second-order valence-electron chi connectivity index (χ2n) is 8.40. The molecule has 1 aliphatic heterocycles. The standard InChI is InChI=1S/C26H30N4O4S/c1-6-22(31)30-19-11-9-8-10-18(19)23-24(27-26(29-28-23)35-15-16(3)4)34-25(30)17-12-13-20(33-7-2)21(14-17)32-5/h8-14,16,25H,6-7,15H2,1-5H3/t25-/m0/s1. The van der Waals surface area contributed by atoms with Crippen molar-refractivity contribution in [1.82, 2.24) is 15.2 Å². The number of anilines is 1. The van der Waals surface area contributed by atoms with E-state index in [0.717, 1.165) is 16.9 Å². The summed E-state index contributed by atoms with van der Waals surface area (Å²) in [5.74, 6) is 2.76. The molecule has 0 saturated heterocycles. The highest BCUT2D eigenvalue weighted by atomic mass is 32.2. The van der Waals surface area contributed by atoms with Crippen molar-refractivity contribution in [2.75, 3.05) is 24.4 Å². The first-order chi connectivity index (χ1) is 17.0. The van der Waals surface area contributed by atoms with E-state index < -0.39 is 6.23 Å². The molecule has 0 spiro atoms. The minimum Gasteiger partial charge on any atom is -0.493 e. The van der Waals surface area contributed by atoms with Crippen molar-refractivity contribution in [3.8, 4) is 28.6 Å². The summed E-state index contributed by atoms with van der Waals surface area (Å²) in [7, 11) is 1.59. The molecule has 0 saturated carbocycles. The number of nitrogens with zero attached hydrogens (tertiary/aromatic N) is 4. The molecule has 0 aliphatic carbocycles. The number of para-hydroxylation sites is 1. The molecule has 1 atom stereocenters. The number of methoxy groups -OCH3 is 1. The number of benzene rings is 2. The van der Waals surface area contributed by atoms with Crippen LogP contribution >= 0.6 is 11.8 Å². The molecule has 4 rings (SSSR count). The first-order valence-corrected chi connectivity index (χ1v) is 12.7. The number of hydrogen-bond acceptors (Lipinski definition) is 8. The molecule has 1 aliphatic rings. The Morgan fingerprint density at radius 1 is 1.14 bits per heavy atom. The molecule has 2 aromatic carbocycles. The third kappa shape index (κ3) is 5.19. The van der Waals surface area contributed by atoms with E-state index in [9.17, 15) is 4.79 Å². The number of rotatable bonds is 8. The van der Waals surface area contributed by atoms with Gasteiger partial charge in [0.1, 0.15) is 0 Å². The molecule has 3 aromatic rings. The molecule has 35 heavy (non-hydrogen) atoms. The molecule has 8 nitrogen and oxygen atoms in total. The van der Waals surface area contributed by atoms with Crippen LogP contribution in [0.15, 0.2) is 47.6 Å². The van der Waals surface area contributed by atoms with Crippen LogP contribution < -0.4 is 19.1 Å². The van der Waals surface area contributed by atoms with Crippen LogP contribution in [0, 0.1) is 5.92 Å². The van der Waals surface area contributed by atoms with Gasteiger partial charge in [-0.1, -0.05) is 50.7 Å². The Balaban J connectivity index is 1.87. The first-order valence-electron chi connectivity index (χ1n) is 11.7. The van der Waals surface area contributed by atoms with Crippen LogP contribution in [0.3, 0.4) is 0 Å². The number of fused-ring (bicyclic) bond motifs is 3. The summed E-state index contributed by atoms with van der Waals surface area (Å²) in [6.45, 7) is 8.53. The summed E-state index contributed by atoms with van der Waals surface area (Å²) in [5.41, 5.74) is 2.66. The number of carbonyl (C=O) groups excluding carboxylic acids is 1. The Morgan fingerprint density at radius 2 is 1.94 bits per heavy atom. The normalized spacial score (nSPS) is 14.6. The van der Waals surface area contributed by atoms with Gasteiger partial charge in [-0.25, -0.2) is 0 Å². The second-order valence-corrected chi connectivity index (χ2v) is 9.39. The van der Waals surface area contributed by atoms with Crippen LogP contribution in [0.5, 0.6) is 17.4 Å². The van der Waals surface area contributed by atoms with Crippen molar-refractivity contribution in [1.29, 1.82) is 0 Å². The van der Waals surface area contributed by atoms with Gasteiger partial charge in [0.2, 0.25) is 23.2 Å². The number of ether oxygens (including phenoxy) is 3. The van der Waals surface area contributed by atoms with Gasteiger partial charge < -0.3 is 14.2 Å². The Bertz CT molecular complexity index is 1200. The van der Waals surface area contributed by atoms with Crippen LogP contribution in [0.2, 0.25) is 0 Å². The first kappa shape index (κ1) is 24.8. The zero-order valence-corrected chi connectivity index (χ0v) is 21.5. The molecule has 0 bridgehead atoms. The van der Waals surface area contributed by atoms with Gasteiger partial charge in [-0.05, 0) is 37.1 Å². The van der Waals surface area contributed by atoms with E-state index in [1.807, 2.05) is 56.3 Å². The van der Waals surface area contributed by atoms with E-state index >= 15 is 0 Å². The average Bonchev–Trinajstić information content (AvgIpc) is 3.01. The van der Waals surface area contributed by atoms with Gasteiger partial charge in [0.15, 0.2) is 17.2 Å². The predicted octanol–water partition coefficient (Wildman–Crippen LogP) is 5.53. The summed E-state index contributed by atoms with van der Waals surface area (Å²) in [4.78, 5) is 19.7. The van der Waals surface area contributed by atoms with Crippen molar-refractivity contribution >= 4 is 23.4 Å². The molecular weight excluding hydrogens is 464 g/mol. The van der Waals surface area contributed by atoms with Gasteiger partial charge in [-0.3, -0.25) is 9.69 Å². The van der Waals surface area contributed by atoms with E-state index in [4.69, 9.17) is 19.2 Å². The largest absolute Gasteiger partial charge is 0.493 e. The molecule has 1 aromatic heterocycles. The quantitative estimate of drug-likeness (QED) is 0.378. The lowest BCUT2D eigenvalue weighted by Crippen LogP contribution is -2.37. The monoisotopic (exact) mass is 494 g/mol. The fourth-order valence-corrected chi connectivity index (χ4v) is 4.51. The Morgan fingerprint density at radius 3 is 2.66 bits per heavy atom. The summed E-state index contributed by atoms with van der Waals surface area (Å²) in [6, 6.07) is 13.1. The maximum absolute atomic E-state index is 13.3. The SMILES string of the molecule is CCOc1ccc([C@@H]2Oc3nc(SCC(C)C)nnc3-c3ccccc3N2C(=O)CC)cc1OC. The van der Waals surface area contributed by atoms with Gasteiger partial charge in [-0.15, -0.1) is 10.2 Å². The van der Waals surface area contributed by atoms with E-state index in [0.29, 0.717) is 52.9 Å². The molecule has 0 fully saturated rings. The van der Waals surface area contributed by atoms with Crippen molar-refractivity contribution < 1.29 is 19.0 Å². The van der Waals surface area contributed by atoms with Gasteiger partial charge in [0.25, 0.3) is 0 Å². The molecule has 0 N–H and O–H groups in total. The van der Waals surface area contributed by atoms with Crippen molar-refractivity contribution in [3.63, 3.8) is 0 Å². The maximum Gasteiger partial charge on any atom is 0.247 e. The Labute approximate surface area is 210 Å². The number of thioether (sulfide) groups is 1. The Hall–Kier alpha value is -3.33. The fraction of sp³-hybridized carbons (Fsp3) is 0.385. The molecule has 1 amide bonds. The third-order valence-corrected chi connectivity index (χ3v) is 6.67. The zero-order valence-electron chi connectivity index (χ0n) is 20.6. The number of aromatic nitrogens is 3. The lowest BCUT2D eigenvalue weighted by Gasteiger charge is -2.31. The van der Waals surface area contributed by atoms with Gasteiger partial charge in [0.05, 0.1) is 19.4 Å². The van der Waals surface area contributed by atoms with Gasteiger partial charge in [0, 0.05) is 23.3 Å². The van der Waals surface area contributed by atoms with Crippen LogP contribution in [0.25, 0.3) is 11.3 Å². The molecule has 9 heteroatoms. The molecular formula is C26H30N4O4S. The topological polar surface area (TPSA) is 86.7 Å². The highest BCUT2D eigenvalue weighted by Crippen LogP contribution is 2.44. The summed E-state index contributed by atoms with van der Waals surface area (Å²) in [6.07, 6.45) is -0.484. The van der Waals surface area contributed by atoms with E-state index in [-0.39, 0.29) is 5.91 Å². The average molecular weight is 495 g/mol. The lowest BCUT2D eigenvalue weighted by atomic mass is 10.1. The molecule has 0 unspecified atom stereocenters. The second kappa shape index (κ2) is 10.9. The van der Waals surface area contributed by atoms with Crippen LogP contribution in [-0.4, -0.2) is 40.6 Å². The maximum atomic E-state index is 13.3. The van der Waals surface area contributed by atoms with Crippen molar-refractivity contribution in [2.45, 2.75) is 45.5 Å². The summed E-state index contributed by atoms with van der Waals surface area (Å²) < 4.78 is 17.7. The third-order valence-electron chi connectivity index (χ3n) is 5.40. The minimum absolute atomic E-state index is 0.0922. The van der Waals surface area contributed by atoms with E-state index in [2.05, 4.69) is 24.0 Å².